The Labute approximate surface area is 376 Å². The van der Waals surface area contributed by atoms with Crippen LogP contribution in [0.15, 0.2) is 11.6 Å². The van der Waals surface area contributed by atoms with Gasteiger partial charge in [0.05, 0.1) is 31.3 Å². The van der Waals surface area contributed by atoms with Crippen molar-refractivity contribution in [3.63, 3.8) is 0 Å². The van der Waals surface area contributed by atoms with Crippen LogP contribution >= 0.6 is 0 Å². The summed E-state index contributed by atoms with van der Waals surface area (Å²) in [5.41, 5.74) is -0.599. The number of esters is 1. The number of carbonyl (C=O) groups excluding carboxylic acids is 1. The van der Waals surface area contributed by atoms with Crippen molar-refractivity contribution in [3.05, 3.63) is 11.6 Å². The summed E-state index contributed by atoms with van der Waals surface area (Å²) >= 11 is 0. The van der Waals surface area contributed by atoms with E-state index in [9.17, 15) is 55.9 Å². The maximum Gasteiger partial charge on any atom is 0.315 e. The van der Waals surface area contributed by atoms with Crippen molar-refractivity contribution in [2.45, 2.75) is 205 Å². The summed E-state index contributed by atoms with van der Waals surface area (Å²) in [5, 5.41) is 105. The van der Waals surface area contributed by atoms with Crippen molar-refractivity contribution in [2.75, 3.05) is 19.8 Å². The second kappa shape index (κ2) is 17.2. The fourth-order valence-electron chi connectivity index (χ4n) is 14.7. The smallest absolute Gasteiger partial charge is 0.315 e. The molecule has 8 aliphatic rings. The highest BCUT2D eigenvalue weighted by molar-refractivity contribution is 5.79. The van der Waals surface area contributed by atoms with E-state index in [0.29, 0.717) is 19.3 Å². The molecule has 17 nitrogen and oxygen atoms in total. The molecule has 10 N–H and O–H groups in total. The molecule has 0 unspecified atom stereocenters. The fraction of sp³-hybridized carbons (Fsp3) is 0.936. The highest BCUT2D eigenvalue weighted by Gasteiger charge is 2.70. The van der Waals surface area contributed by atoms with E-state index in [1.807, 2.05) is 0 Å². The second-order valence-electron chi connectivity index (χ2n) is 23.0. The molecule has 366 valence electrons. The van der Waals surface area contributed by atoms with Gasteiger partial charge in [0, 0.05) is 0 Å². The molecule has 5 aliphatic carbocycles. The lowest BCUT2D eigenvalue weighted by atomic mass is 9.33. The van der Waals surface area contributed by atoms with Crippen molar-refractivity contribution in [1.29, 1.82) is 0 Å². The topological polar surface area (TPSA) is 275 Å². The van der Waals surface area contributed by atoms with Gasteiger partial charge in [0.1, 0.15) is 67.1 Å². The fourth-order valence-corrected chi connectivity index (χ4v) is 14.7. The normalized spacial score (nSPS) is 53.4. The molecule has 0 spiro atoms. The molecule has 7 fully saturated rings. The summed E-state index contributed by atoms with van der Waals surface area (Å²) < 4.78 is 36.0. The Bertz CT molecular complexity index is 1740. The van der Waals surface area contributed by atoms with Crippen LogP contribution in [0.2, 0.25) is 0 Å². The maximum atomic E-state index is 14.7. The molecular formula is C47H76O17. The summed E-state index contributed by atoms with van der Waals surface area (Å²) in [4.78, 5) is 14.7. The quantitative estimate of drug-likeness (QED) is 0.0916. The third-order valence-electron chi connectivity index (χ3n) is 18.9. The molecule has 0 aromatic carbocycles. The molecule has 0 radical (unpaired) electrons. The highest BCUT2D eigenvalue weighted by Crippen LogP contribution is 2.76. The van der Waals surface area contributed by atoms with Gasteiger partial charge in [-0.15, -0.1) is 0 Å². The Hall–Kier alpha value is -1.39. The van der Waals surface area contributed by atoms with E-state index in [1.165, 1.54) is 5.57 Å². The van der Waals surface area contributed by atoms with Gasteiger partial charge in [-0.05, 0) is 109 Å². The number of fused-ring (bicyclic) bond motifs is 7. The summed E-state index contributed by atoms with van der Waals surface area (Å²) in [6, 6.07) is 0. The minimum Gasteiger partial charge on any atom is -0.432 e. The van der Waals surface area contributed by atoms with Crippen molar-refractivity contribution in [3.8, 4) is 0 Å². The molecule has 0 aromatic rings. The Balaban J connectivity index is 1.04. The van der Waals surface area contributed by atoms with Crippen molar-refractivity contribution < 1.29 is 84.3 Å². The predicted octanol–water partition coefficient (Wildman–Crippen LogP) is 0.780. The van der Waals surface area contributed by atoms with Gasteiger partial charge in [-0.25, -0.2) is 0 Å². The summed E-state index contributed by atoms with van der Waals surface area (Å²) in [6.07, 6.45) is -11.1. The van der Waals surface area contributed by atoms with Crippen molar-refractivity contribution in [2.24, 2.45) is 50.2 Å². The predicted molar refractivity (Wildman–Crippen MR) is 224 cm³/mol. The van der Waals surface area contributed by atoms with Crippen LogP contribution in [0.4, 0.5) is 0 Å². The van der Waals surface area contributed by atoms with Crippen LogP contribution in [0, 0.1) is 50.2 Å². The first-order valence-electron chi connectivity index (χ1n) is 23.7. The number of hydrogen-bond donors (Lipinski definition) is 10. The number of allylic oxidation sites excluding steroid dienone is 2. The lowest BCUT2D eigenvalue weighted by Crippen LogP contribution is -2.66. The van der Waals surface area contributed by atoms with Gasteiger partial charge in [0.2, 0.25) is 6.29 Å². The number of ether oxygens (including phenoxy) is 6. The van der Waals surface area contributed by atoms with Gasteiger partial charge in [-0.1, -0.05) is 60.1 Å². The first-order chi connectivity index (χ1) is 29.9. The number of hydrogen-bond acceptors (Lipinski definition) is 17. The van der Waals surface area contributed by atoms with Gasteiger partial charge in [0.25, 0.3) is 0 Å². The Morgan fingerprint density at radius 1 is 0.672 bits per heavy atom. The van der Waals surface area contributed by atoms with E-state index in [0.717, 1.165) is 44.9 Å². The number of aliphatic hydroxyl groups is 10. The average Bonchev–Trinajstić information content (AvgIpc) is 3.24. The first kappa shape index (κ1) is 49.0. The standard InChI is InChI=1S/C47H76O17/c1-42(2)14-16-47(41(58)64-39-36(57)33(54)31(52)25(19-48)60-39)17-15-45(6)22(23(47)18-42)8-9-28-44(5)12-11-29(43(3,4)27(44)10-13-46(28,45)7)62-40-37(34(55)32(53)26(20-49)61-40)63-38-35(56)30(51)24(50)21-59-38/h8,23-40,48-57H,9-21H2,1-7H3/t23-,24+,25+,26+,27-,28+,29-,30-,31+,32+,33-,34-,35+,36+,37+,38-,39-,40-,44-,45+,46+,47-/m0/s1. The number of aliphatic hydroxyl groups excluding tert-OH is 10. The van der Waals surface area contributed by atoms with Crippen LogP contribution in [-0.2, 0) is 33.2 Å². The van der Waals surface area contributed by atoms with Gasteiger partial charge in [-0.3, -0.25) is 4.79 Å². The zero-order valence-electron chi connectivity index (χ0n) is 38.5. The molecule has 3 heterocycles. The molecule has 3 aliphatic heterocycles. The van der Waals surface area contributed by atoms with E-state index in [2.05, 4.69) is 54.5 Å². The largest absolute Gasteiger partial charge is 0.432 e. The summed E-state index contributed by atoms with van der Waals surface area (Å²) in [7, 11) is 0. The number of rotatable bonds is 8. The van der Waals surface area contributed by atoms with Crippen LogP contribution in [0.25, 0.3) is 0 Å². The van der Waals surface area contributed by atoms with Gasteiger partial charge < -0.3 is 79.5 Å². The summed E-state index contributed by atoms with van der Waals surface area (Å²) in [6.45, 7) is 14.6. The van der Waals surface area contributed by atoms with E-state index < -0.39 is 122 Å². The molecule has 3 saturated heterocycles. The van der Waals surface area contributed by atoms with E-state index >= 15 is 0 Å². The van der Waals surface area contributed by atoms with E-state index in [-0.39, 0.29) is 46.0 Å². The monoisotopic (exact) mass is 913 g/mol. The minimum atomic E-state index is -1.68. The Morgan fingerprint density at radius 3 is 1.97 bits per heavy atom. The van der Waals surface area contributed by atoms with Crippen LogP contribution in [-0.4, -0.2) is 169 Å². The average molecular weight is 913 g/mol. The maximum absolute atomic E-state index is 14.7. The molecule has 0 amide bonds. The third-order valence-corrected chi connectivity index (χ3v) is 18.9. The van der Waals surface area contributed by atoms with Gasteiger partial charge in [0.15, 0.2) is 12.6 Å². The van der Waals surface area contributed by atoms with Crippen LogP contribution in [0.3, 0.4) is 0 Å². The van der Waals surface area contributed by atoms with E-state index in [1.54, 1.807) is 0 Å². The minimum absolute atomic E-state index is 0.0507. The molecule has 0 bridgehead atoms. The molecule has 22 atom stereocenters. The molecule has 17 heteroatoms. The summed E-state index contributed by atoms with van der Waals surface area (Å²) in [5.74, 6) is -0.147. The zero-order valence-corrected chi connectivity index (χ0v) is 38.5. The van der Waals surface area contributed by atoms with Crippen LogP contribution < -0.4 is 0 Å². The lowest BCUT2D eigenvalue weighted by molar-refractivity contribution is -0.370. The molecular weight excluding hydrogens is 836 g/mol. The zero-order chi connectivity index (χ0) is 46.7. The van der Waals surface area contributed by atoms with Gasteiger partial charge >= 0.3 is 5.97 Å². The van der Waals surface area contributed by atoms with Gasteiger partial charge in [-0.2, -0.15) is 0 Å². The molecule has 4 saturated carbocycles. The number of carbonyl (C=O) groups is 1. The lowest BCUT2D eigenvalue weighted by Gasteiger charge is -2.71. The second-order valence-corrected chi connectivity index (χ2v) is 23.0. The Morgan fingerprint density at radius 2 is 1.30 bits per heavy atom. The molecule has 64 heavy (non-hydrogen) atoms. The van der Waals surface area contributed by atoms with E-state index in [4.69, 9.17) is 28.4 Å². The van der Waals surface area contributed by atoms with Crippen molar-refractivity contribution >= 4 is 5.97 Å². The highest BCUT2D eigenvalue weighted by atomic mass is 16.8. The van der Waals surface area contributed by atoms with Crippen LogP contribution in [0.1, 0.15) is 113 Å². The molecule has 8 rings (SSSR count). The first-order valence-corrected chi connectivity index (χ1v) is 23.7. The Kier molecular flexibility index (Phi) is 13.2. The van der Waals surface area contributed by atoms with Crippen LogP contribution in [0.5, 0.6) is 0 Å². The van der Waals surface area contributed by atoms with Crippen molar-refractivity contribution in [1.82, 2.24) is 0 Å². The SMILES string of the molecule is CC1(C)CC[C@]2(C(=O)O[C@@H]3O[C@H](CO)[C@@H](O)[C@H](O)[C@H]3O)CC[C@]3(C)C(=CC[C@@H]4[C@@]5(C)CC[C@H](O[C@@H]6O[C@H](CO)[C@@H](O)[C@H](O)[C@H]6O[C@@H]6OC[C@@H](O)[C@H](O)[C@H]6O)C(C)(C)[C@@H]5CC[C@]43C)[C@@H]2C1. The molecule has 0 aromatic heterocycles. The third kappa shape index (κ3) is 7.58.